The van der Waals surface area contributed by atoms with E-state index in [0.717, 1.165) is 19.3 Å². The van der Waals surface area contributed by atoms with E-state index in [1.807, 2.05) is 0 Å². The Kier molecular flexibility index (Phi) is 3.50. The number of hydrogen-bond donors (Lipinski definition) is 2. The summed E-state index contributed by atoms with van der Waals surface area (Å²) >= 11 is 0. The highest BCUT2D eigenvalue weighted by Crippen LogP contribution is 2.47. The average molecular weight is 279 g/mol. The molecule has 3 fully saturated rings. The van der Waals surface area contributed by atoms with E-state index >= 15 is 0 Å². The molecule has 0 aromatic heterocycles. The molecule has 3 rings (SSSR count). The van der Waals surface area contributed by atoms with Crippen molar-refractivity contribution in [3.63, 3.8) is 0 Å². The molecule has 0 aromatic rings. The lowest BCUT2D eigenvalue weighted by atomic mass is 9.84. The molecule has 2 bridgehead atoms. The summed E-state index contributed by atoms with van der Waals surface area (Å²) in [6.07, 6.45) is 3.91. The zero-order valence-electron chi connectivity index (χ0n) is 11.5. The Morgan fingerprint density at radius 3 is 2.45 bits per heavy atom. The molecule has 2 aliphatic carbocycles. The first kappa shape index (κ1) is 13.5. The number of nitrogens with zero attached hydrogens (tertiary/aromatic N) is 1. The molecule has 1 heterocycles. The lowest BCUT2D eigenvalue weighted by Crippen LogP contribution is -2.47. The molecule has 1 aliphatic heterocycles. The molecule has 3 amide bonds. The van der Waals surface area contributed by atoms with Gasteiger partial charge in [0.05, 0.1) is 5.92 Å². The second-order valence-corrected chi connectivity index (χ2v) is 6.17. The largest absolute Gasteiger partial charge is 0.354 e. The average Bonchev–Trinajstić information content (AvgIpc) is 3.08. The normalized spacial score (nSPS) is 36.0. The van der Waals surface area contributed by atoms with E-state index in [1.165, 1.54) is 4.90 Å². The van der Waals surface area contributed by atoms with Gasteiger partial charge in [0, 0.05) is 32.0 Å². The Hall–Kier alpha value is -1.43. The van der Waals surface area contributed by atoms with Crippen LogP contribution >= 0.6 is 0 Å². The standard InChI is InChI=1S/C14H21N3O3/c15-13-9-2-1-8(7-9)12(13)14(20)16-5-6-17-10(18)3-4-11(17)19/h8-9,12-13H,1-7,15H2,(H,16,20). The second-order valence-electron chi connectivity index (χ2n) is 6.17. The zero-order valence-corrected chi connectivity index (χ0v) is 11.5. The highest BCUT2D eigenvalue weighted by molar-refractivity contribution is 6.01. The molecule has 0 radical (unpaired) electrons. The van der Waals surface area contributed by atoms with Crippen molar-refractivity contribution < 1.29 is 14.4 Å². The fraction of sp³-hybridized carbons (Fsp3) is 0.786. The van der Waals surface area contributed by atoms with Crippen molar-refractivity contribution >= 4 is 17.7 Å². The topological polar surface area (TPSA) is 92.5 Å². The minimum absolute atomic E-state index is 0.0104. The number of likely N-dealkylation sites (tertiary alicyclic amines) is 1. The molecule has 6 heteroatoms. The smallest absolute Gasteiger partial charge is 0.229 e. The third kappa shape index (κ3) is 2.22. The monoisotopic (exact) mass is 279 g/mol. The van der Waals surface area contributed by atoms with Crippen molar-refractivity contribution in [2.24, 2.45) is 23.5 Å². The molecule has 110 valence electrons. The van der Waals surface area contributed by atoms with Gasteiger partial charge in [-0.2, -0.15) is 0 Å². The Labute approximate surface area is 118 Å². The van der Waals surface area contributed by atoms with Crippen molar-refractivity contribution in [1.82, 2.24) is 10.2 Å². The van der Waals surface area contributed by atoms with Crippen LogP contribution in [0.5, 0.6) is 0 Å². The summed E-state index contributed by atoms with van der Waals surface area (Å²) in [6, 6.07) is -0.0243. The predicted molar refractivity (Wildman–Crippen MR) is 71.3 cm³/mol. The Morgan fingerprint density at radius 1 is 1.20 bits per heavy atom. The molecular formula is C14H21N3O3. The van der Waals surface area contributed by atoms with Gasteiger partial charge in [0.25, 0.3) is 0 Å². The fourth-order valence-corrected chi connectivity index (χ4v) is 4.01. The second kappa shape index (κ2) is 5.16. The molecule has 6 nitrogen and oxygen atoms in total. The highest BCUT2D eigenvalue weighted by Gasteiger charge is 2.48. The van der Waals surface area contributed by atoms with E-state index in [9.17, 15) is 14.4 Å². The van der Waals surface area contributed by atoms with Gasteiger partial charge in [-0.25, -0.2) is 0 Å². The summed E-state index contributed by atoms with van der Waals surface area (Å²) in [7, 11) is 0. The van der Waals surface area contributed by atoms with Crippen LogP contribution in [-0.2, 0) is 14.4 Å². The summed E-state index contributed by atoms with van der Waals surface area (Å²) in [4.78, 5) is 36.3. The van der Waals surface area contributed by atoms with Crippen LogP contribution in [0.2, 0.25) is 0 Å². The SMILES string of the molecule is NC1C2CCC(C2)C1C(=O)NCCN1C(=O)CCC1=O. The molecule has 4 unspecified atom stereocenters. The van der Waals surface area contributed by atoms with E-state index in [0.29, 0.717) is 31.2 Å². The zero-order chi connectivity index (χ0) is 14.3. The molecule has 3 aliphatic rings. The molecule has 0 spiro atoms. The van der Waals surface area contributed by atoms with Gasteiger partial charge in [-0.3, -0.25) is 19.3 Å². The van der Waals surface area contributed by atoms with Gasteiger partial charge in [-0.05, 0) is 31.1 Å². The lowest BCUT2D eigenvalue weighted by Gasteiger charge is -2.27. The molecule has 3 N–H and O–H groups in total. The summed E-state index contributed by atoms with van der Waals surface area (Å²) in [5, 5.41) is 2.84. The number of hydrogen-bond acceptors (Lipinski definition) is 4. The van der Waals surface area contributed by atoms with Crippen LogP contribution in [0.1, 0.15) is 32.1 Å². The summed E-state index contributed by atoms with van der Waals surface area (Å²) < 4.78 is 0. The van der Waals surface area contributed by atoms with E-state index < -0.39 is 0 Å². The molecule has 0 aromatic carbocycles. The number of amides is 3. The van der Waals surface area contributed by atoms with Crippen molar-refractivity contribution in [3.05, 3.63) is 0 Å². The molecular weight excluding hydrogens is 258 g/mol. The van der Waals surface area contributed by atoms with Crippen LogP contribution in [0.4, 0.5) is 0 Å². The number of nitrogens with two attached hydrogens (primary N) is 1. The van der Waals surface area contributed by atoms with E-state index in [2.05, 4.69) is 5.32 Å². The summed E-state index contributed by atoms with van der Waals surface area (Å²) in [5.74, 6) is 0.548. The summed E-state index contributed by atoms with van der Waals surface area (Å²) in [5.41, 5.74) is 6.12. The molecule has 1 saturated heterocycles. The first-order chi connectivity index (χ1) is 9.58. The van der Waals surface area contributed by atoms with Crippen LogP contribution < -0.4 is 11.1 Å². The van der Waals surface area contributed by atoms with Gasteiger partial charge in [0.15, 0.2) is 0 Å². The predicted octanol–water partition coefficient (Wildman–Crippen LogP) is -0.375. The maximum absolute atomic E-state index is 12.2. The minimum atomic E-state index is -0.138. The van der Waals surface area contributed by atoms with Crippen LogP contribution in [-0.4, -0.2) is 41.8 Å². The fourth-order valence-electron chi connectivity index (χ4n) is 4.01. The van der Waals surface area contributed by atoms with Crippen LogP contribution in [0.15, 0.2) is 0 Å². The van der Waals surface area contributed by atoms with E-state index in [-0.39, 0.29) is 36.2 Å². The van der Waals surface area contributed by atoms with Crippen molar-refractivity contribution in [1.29, 1.82) is 0 Å². The molecule has 20 heavy (non-hydrogen) atoms. The number of imide groups is 1. The van der Waals surface area contributed by atoms with Gasteiger partial charge < -0.3 is 11.1 Å². The Balaban J connectivity index is 1.48. The minimum Gasteiger partial charge on any atom is -0.354 e. The van der Waals surface area contributed by atoms with Crippen molar-refractivity contribution in [3.8, 4) is 0 Å². The Bertz CT molecular complexity index is 433. The maximum Gasteiger partial charge on any atom is 0.229 e. The Morgan fingerprint density at radius 2 is 1.85 bits per heavy atom. The molecule has 4 atom stereocenters. The van der Waals surface area contributed by atoms with Gasteiger partial charge in [0.1, 0.15) is 0 Å². The quantitative estimate of drug-likeness (QED) is 0.686. The van der Waals surface area contributed by atoms with Crippen molar-refractivity contribution in [2.75, 3.05) is 13.1 Å². The van der Waals surface area contributed by atoms with E-state index in [1.54, 1.807) is 0 Å². The van der Waals surface area contributed by atoms with Gasteiger partial charge in [0.2, 0.25) is 17.7 Å². The number of carbonyl (C=O) groups is 3. The van der Waals surface area contributed by atoms with Gasteiger partial charge in [-0.15, -0.1) is 0 Å². The first-order valence-electron chi connectivity index (χ1n) is 7.44. The number of fused-ring (bicyclic) bond motifs is 2. The third-order valence-electron chi connectivity index (χ3n) is 5.07. The number of carbonyl (C=O) groups excluding carboxylic acids is 3. The van der Waals surface area contributed by atoms with Crippen LogP contribution in [0.25, 0.3) is 0 Å². The van der Waals surface area contributed by atoms with Crippen LogP contribution in [0.3, 0.4) is 0 Å². The van der Waals surface area contributed by atoms with Crippen LogP contribution in [0, 0.1) is 17.8 Å². The van der Waals surface area contributed by atoms with E-state index in [4.69, 9.17) is 5.73 Å². The van der Waals surface area contributed by atoms with Gasteiger partial charge in [-0.1, -0.05) is 0 Å². The number of rotatable bonds is 4. The van der Waals surface area contributed by atoms with Crippen molar-refractivity contribution in [2.45, 2.75) is 38.1 Å². The number of nitrogens with one attached hydrogen (secondary N) is 1. The summed E-state index contributed by atoms with van der Waals surface area (Å²) in [6.45, 7) is 0.608. The first-order valence-corrected chi connectivity index (χ1v) is 7.44. The maximum atomic E-state index is 12.2. The highest BCUT2D eigenvalue weighted by atomic mass is 16.2. The molecule has 2 saturated carbocycles. The third-order valence-corrected chi connectivity index (χ3v) is 5.07. The lowest BCUT2D eigenvalue weighted by molar-refractivity contribution is -0.139. The van der Waals surface area contributed by atoms with Gasteiger partial charge >= 0.3 is 0 Å².